The summed E-state index contributed by atoms with van der Waals surface area (Å²) in [5, 5.41) is 21.4. The third kappa shape index (κ3) is 3.81. The highest BCUT2D eigenvalue weighted by atomic mass is 16.5. The second-order valence-electron chi connectivity index (χ2n) is 8.95. The molecule has 11 heteroatoms. The Morgan fingerprint density at radius 3 is 2.91 bits per heavy atom. The summed E-state index contributed by atoms with van der Waals surface area (Å²) in [6.07, 6.45) is 6.67. The predicted octanol–water partition coefficient (Wildman–Crippen LogP) is 1.63. The van der Waals surface area contributed by atoms with E-state index in [9.17, 15) is 9.90 Å². The van der Waals surface area contributed by atoms with Crippen LogP contribution in [0.2, 0.25) is 0 Å². The number of pyridine rings is 1. The number of nitrogens with zero attached hydrogens (tertiary/aromatic N) is 5. The van der Waals surface area contributed by atoms with Crippen LogP contribution in [0.5, 0.6) is 0 Å². The van der Waals surface area contributed by atoms with Gasteiger partial charge in [0.25, 0.3) is 5.91 Å². The number of carbonyl (C=O) groups excluding carboxylic acids is 1. The molecular weight excluding hydrogens is 450 g/mol. The van der Waals surface area contributed by atoms with Crippen LogP contribution in [0.1, 0.15) is 29.2 Å². The Hall–Kier alpha value is -3.54. The van der Waals surface area contributed by atoms with E-state index in [0.29, 0.717) is 29.3 Å². The first-order chi connectivity index (χ1) is 17.1. The van der Waals surface area contributed by atoms with Crippen LogP contribution in [0.4, 0.5) is 5.82 Å². The maximum Gasteiger partial charge on any atom is 0.257 e. The summed E-state index contributed by atoms with van der Waals surface area (Å²) in [4.78, 5) is 22.6. The van der Waals surface area contributed by atoms with Gasteiger partial charge in [0.05, 0.1) is 49.9 Å². The molecule has 2 saturated heterocycles. The van der Waals surface area contributed by atoms with Crippen molar-refractivity contribution < 1.29 is 19.4 Å². The van der Waals surface area contributed by atoms with Gasteiger partial charge in [-0.05, 0) is 25.0 Å². The summed E-state index contributed by atoms with van der Waals surface area (Å²) in [6, 6.07) is 5.61. The zero-order valence-electron chi connectivity index (χ0n) is 19.3. The number of aromatic nitrogens is 5. The molecule has 3 N–H and O–H groups in total. The van der Waals surface area contributed by atoms with Gasteiger partial charge in [-0.3, -0.25) is 4.79 Å². The van der Waals surface area contributed by atoms with Crippen LogP contribution < -0.4 is 10.6 Å². The molecule has 0 bridgehead atoms. The zero-order valence-corrected chi connectivity index (χ0v) is 19.3. The topological polar surface area (TPSA) is 128 Å². The molecule has 35 heavy (non-hydrogen) atoms. The molecule has 0 unspecified atom stereocenters. The fraction of sp³-hybridized carbons (Fsp3) is 0.417. The lowest BCUT2D eigenvalue weighted by Gasteiger charge is -2.24. The van der Waals surface area contributed by atoms with Crippen molar-refractivity contribution in [1.82, 2.24) is 29.5 Å². The number of rotatable bonds is 5. The summed E-state index contributed by atoms with van der Waals surface area (Å²) in [5.74, 6) is 0.337. The third-order valence-corrected chi connectivity index (χ3v) is 6.73. The van der Waals surface area contributed by atoms with Gasteiger partial charge in [-0.15, -0.1) is 0 Å². The molecule has 0 radical (unpaired) electrons. The molecular formula is C24H27N7O4. The lowest BCUT2D eigenvalue weighted by atomic mass is 10.1. The van der Waals surface area contributed by atoms with Crippen molar-refractivity contribution in [2.45, 2.75) is 31.0 Å². The maximum absolute atomic E-state index is 13.1. The normalized spacial score (nSPS) is 22.6. The molecule has 0 spiro atoms. The van der Waals surface area contributed by atoms with Gasteiger partial charge in [-0.2, -0.15) is 9.61 Å². The number of fused-ring (bicyclic) bond motifs is 2. The van der Waals surface area contributed by atoms with E-state index in [4.69, 9.17) is 14.5 Å². The summed E-state index contributed by atoms with van der Waals surface area (Å²) in [6.45, 7) is 1.91. The van der Waals surface area contributed by atoms with Crippen LogP contribution in [0.3, 0.4) is 0 Å². The second kappa shape index (κ2) is 8.91. The van der Waals surface area contributed by atoms with Gasteiger partial charge in [0.15, 0.2) is 5.65 Å². The minimum absolute atomic E-state index is 0.205. The van der Waals surface area contributed by atoms with Gasteiger partial charge >= 0.3 is 0 Å². The highest BCUT2D eigenvalue weighted by molar-refractivity contribution is 6.01. The Bertz CT molecular complexity index is 1390. The van der Waals surface area contributed by atoms with E-state index in [0.717, 1.165) is 36.0 Å². The Kier molecular flexibility index (Phi) is 5.59. The Labute approximate surface area is 201 Å². The first-order valence-corrected chi connectivity index (χ1v) is 11.8. The molecule has 2 aliphatic heterocycles. The molecule has 1 amide bonds. The molecule has 2 fully saturated rings. The average molecular weight is 478 g/mol. The van der Waals surface area contributed by atoms with E-state index < -0.39 is 12.1 Å². The van der Waals surface area contributed by atoms with Crippen LogP contribution in [-0.4, -0.2) is 80.8 Å². The van der Waals surface area contributed by atoms with Crippen LogP contribution in [0.25, 0.3) is 27.9 Å². The van der Waals surface area contributed by atoms with Crippen molar-refractivity contribution in [2.24, 2.45) is 0 Å². The minimum Gasteiger partial charge on any atom is -0.388 e. The molecule has 6 rings (SSSR count). The zero-order chi connectivity index (χ0) is 23.9. The van der Waals surface area contributed by atoms with E-state index >= 15 is 0 Å². The molecule has 0 aliphatic carbocycles. The monoisotopic (exact) mass is 477 g/mol. The third-order valence-electron chi connectivity index (χ3n) is 6.73. The number of hydrogen-bond donors (Lipinski definition) is 3. The minimum atomic E-state index is -0.737. The second-order valence-corrected chi connectivity index (χ2v) is 8.95. The highest BCUT2D eigenvalue weighted by Gasteiger charge is 2.29. The van der Waals surface area contributed by atoms with Gasteiger partial charge in [-0.25, -0.2) is 9.97 Å². The molecule has 182 valence electrons. The van der Waals surface area contributed by atoms with Crippen LogP contribution >= 0.6 is 0 Å². The van der Waals surface area contributed by atoms with E-state index in [-0.39, 0.29) is 25.2 Å². The summed E-state index contributed by atoms with van der Waals surface area (Å²) in [7, 11) is 1.80. The number of anilines is 1. The summed E-state index contributed by atoms with van der Waals surface area (Å²) in [5.41, 5.74) is 3.25. The Morgan fingerprint density at radius 1 is 1.23 bits per heavy atom. The van der Waals surface area contributed by atoms with Gasteiger partial charge < -0.3 is 29.8 Å². The van der Waals surface area contributed by atoms with Crippen molar-refractivity contribution in [1.29, 1.82) is 0 Å². The van der Waals surface area contributed by atoms with Crippen LogP contribution in [0, 0.1) is 0 Å². The van der Waals surface area contributed by atoms with Crippen molar-refractivity contribution in [2.75, 3.05) is 38.8 Å². The molecule has 2 aliphatic rings. The smallest absolute Gasteiger partial charge is 0.257 e. The quantitative estimate of drug-likeness (QED) is 0.396. The fourth-order valence-corrected chi connectivity index (χ4v) is 4.87. The standard InChI is InChI=1S/C24H27N7O4/c1-25-21-8-18(17-10-30(14-4-3-7-34-11-14)22-15(17)5-2-6-26-22)28-23-16(9-27-31(21)23)24(33)29-19-12-35-13-20(19)32/h2,5-6,8-10,14,19-20,25,32H,3-4,7,11-13H2,1H3,(H,29,33)/t14-,19+,20-/m0/s1. The van der Waals surface area contributed by atoms with E-state index in [1.807, 2.05) is 18.2 Å². The summed E-state index contributed by atoms with van der Waals surface area (Å²) < 4.78 is 14.8. The van der Waals surface area contributed by atoms with Gasteiger partial charge in [0.2, 0.25) is 0 Å². The van der Waals surface area contributed by atoms with Crippen molar-refractivity contribution in [3.63, 3.8) is 0 Å². The molecule has 4 aromatic heterocycles. The summed E-state index contributed by atoms with van der Waals surface area (Å²) >= 11 is 0. The first kappa shape index (κ1) is 22.0. The first-order valence-electron chi connectivity index (χ1n) is 11.8. The molecule has 4 aromatic rings. The maximum atomic E-state index is 13.1. The SMILES string of the molecule is CNc1cc(-c2cn([C@H]3CCCOC3)c3ncccc23)nc2c(C(=O)N[C@@H]3COC[C@@H]3O)cnn12. The van der Waals surface area contributed by atoms with Crippen molar-refractivity contribution in [3.05, 3.63) is 42.4 Å². The lowest BCUT2D eigenvalue weighted by molar-refractivity contribution is 0.0605. The number of carbonyl (C=O) groups is 1. The number of amides is 1. The van der Waals surface area contributed by atoms with E-state index in [1.54, 1.807) is 17.8 Å². The Balaban J connectivity index is 1.45. The molecule has 3 atom stereocenters. The largest absolute Gasteiger partial charge is 0.388 e. The fourth-order valence-electron chi connectivity index (χ4n) is 4.87. The number of nitrogens with one attached hydrogen (secondary N) is 2. The molecule has 0 aromatic carbocycles. The van der Waals surface area contributed by atoms with E-state index in [2.05, 4.69) is 31.5 Å². The van der Waals surface area contributed by atoms with Crippen LogP contribution in [-0.2, 0) is 9.47 Å². The van der Waals surface area contributed by atoms with Gasteiger partial charge in [0.1, 0.15) is 17.0 Å². The number of aliphatic hydroxyl groups is 1. The molecule has 6 heterocycles. The number of ether oxygens (including phenoxy) is 2. The predicted molar refractivity (Wildman–Crippen MR) is 128 cm³/mol. The van der Waals surface area contributed by atoms with Crippen LogP contribution in [0.15, 0.2) is 36.8 Å². The van der Waals surface area contributed by atoms with Gasteiger partial charge in [-0.1, -0.05) is 0 Å². The number of aliphatic hydroxyl groups excluding tert-OH is 1. The molecule has 11 nitrogen and oxygen atoms in total. The number of hydrogen-bond acceptors (Lipinski definition) is 8. The van der Waals surface area contributed by atoms with Crippen molar-refractivity contribution >= 4 is 28.4 Å². The van der Waals surface area contributed by atoms with Crippen molar-refractivity contribution in [3.8, 4) is 11.3 Å². The highest BCUT2D eigenvalue weighted by Crippen LogP contribution is 2.34. The lowest BCUT2D eigenvalue weighted by Crippen LogP contribution is -2.42. The van der Waals surface area contributed by atoms with Gasteiger partial charge in [0, 0.05) is 43.1 Å². The Morgan fingerprint density at radius 2 is 2.14 bits per heavy atom. The molecule has 0 saturated carbocycles. The van der Waals surface area contributed by atoms with E-state index in [1.165, 1.54) is 6.20 Å². The average Bonchev–Trinajstić information content (AvgIpc) is 3.61.